The Balaban J connectivity index is 2.56. The molecule has 0 radical (unpaired) electrons. The zero-order chi connectivity index (χ0) is 12.3. The maximum Gasteiger partial charge on any atom is 0.232 e. The Bertz CT molecular complexity index is 415. The molecule has 0 saturated heterocycles. The monoisotopic (exact) mass is 276 g/mol. The third kappa shape index (κ3) is 3.17. The number of halogens is 1. The average molecular weight is 277 g/mol. The van der Waals surface area contributed by atoms with Crippen molar-refractivity contribution in [1.29, 1.82) is 0 Å². The lowest BCUT2D eigenvalue weighted by atomic mass is 9.92. The van der Waals surface area contributed by atoms with Crippen LogP contribution >= 0.6 is 35.2 Å². The number of nitrogens with two attached hydrogens (primary N) is 1. The first-order chi connectivity index (χ1) is 7.34. The Morgan fingerprint density at radius 1 is 1.62 bits per heavy atom. The summed E-state index contributed by atoms with van der Waals surface area (Å²) in [5, 5.41) is 2.78. The minimum Gasteiger partial charge on any atom is -0.392 e. The Hall–Kier alpha value is -0.650. The molecule has 6 heteroatoms. The maximum atomic E-state index is 11.8. The lowest BCUT2D eigenvalue weighted by molar-refractivity contribution is -0.126. The fourth-order valence-electron chi connectivity index (χ4n) is 0.947. The summed E-state index contributed by atoms with van der Waals surface area (Å²) >= 11 is 12.1. The molecular weight excluding hydrogens is 264 g/mol. The van der Waals surface area contributed by atoms with Crippen molar-refractivity contribution in [3.63, 3.8) is 0 Å². The lowest BCUT2D eigenvalue weighted by Crippen LogP contribution is -2.44. The van der Waals surface area contributed by atoms with Gasteiger partial charge in [0.05, 0.1) is 21.3 Å². The first-order valence-electron chi connectivity index (χ1n) is 4.66. The molecule has 3 N–H and O–H groups in total. The summed E-state index contributed by atoms with van der Waals surface area (Å²) in [6.45, 7) is 3.85. The minimum atomic E-state index is -0.823. The molecule has 0 saturated carbocycles. The smallest absolute Gasteiger partial charge is 0.232 e. The normalized spacial score (nSPS) is 11.2. The molecule has 0 aliphatic rings. The number of carbonyl (C=O) groups is 1. The molecule has 0 spiro atoms. The lowest BCUT2D eigenvalue weighted by Gasteiger charge is -2.21. The number of nitrogens with one attached hydrogen (secondary N) is 1. The summed E-state index contributed by atoms with van der Waals surface area (Å²) in [6, 6.07) is 3.67. The van der Waals surface area contributed by atoms with E-state index in [1.54, 1.807) is 19.9 Å². The van der Waals surface area contributed by atoms with E-state index >= 15 is 0 Å². The molecule has 88 valence electrons. The van der Waals surface area contributed by atoms with Gasteiger partial charge in [-0.25, -0.2) is 0 Å². The Kier molecular flexibility index (Phi) is 4.29. The van der Waals surface area contributed by atoms with Gasteiger partial charge in [-0.2, -0.15) is 0 Å². The Morgan fingerprint density at radius 2 is 2.25 bits per heavy atom. The van der Waals surface area contributed by atoms with Gasteiger partial charge in [-0.1, -0.05) is 23.8 Å². The highest BCUT2D eigenvalue weighted by atomic mass is 35.5. The molecule has 1 heterocycles. The summed E-state index contributed by atoms with van der Waals surface area (Å²) in [7, 11) is 0. The van der Waals surface area contributed by atoms with Gasteiger partial charge in [0.15, 0.2) is 0 Å². The van der Waals surface area contributed by atoms with Crippen LogP contribution in [-0.4, -0.2) is 10.9 Å². The molecule has 0 unspecified atom stereocenters. The quantitative estimate of drug-likeness (QED) is 0.830. The van der Waals surface area contributed by atoms with Gasteiger partial charge in [-0.3, -0.25) is 4.79 Å². The summed E-state index contributed by atoms with van der Waals surface area (Å²) in [6.07, 6.45) is 0. The third-order valence-electron chi connectivity index (χ3n) is 2.24. The number of thiocarbonyl (C=S) groups is 1. The first kappa shape index (κ1) is 13.4. The van der Waals surface area contributed by atoms with Gasteiger partial charge in [0, 0.05) is 4.88 Å². The standard InChI is InChI=1S/C10H13ClN2OS2/c1-10(2,8(12)15)9(14)13-5-6-3-4-7(11)16-6/h3-4H,5H2,1-2H3,(H2,12,15)(H,13,14). The van der Waals surface area contributed by atoms with E-state index in [-0.39, 0.29) is 10.9 Å². The predicted molar refractivity (Wildman–Crippen MR) is 71.7 cm³/mol. The number of amides is 1. The second-order valence-electron chi connectivity index (χ2n) is 3.88. The van der Waals surface area contributed by atoms with Crippen molar-refractivity contribution in [3.05, 3.63) is 21.3 Å². The number of hydrogen-bond donors (Lipinski definition) is 2. The highest BCUT2D eigenvalue weighted by Crippen LogP contribution is 2.22. The van der Waals surface area contributed by atoms with E-state index in [1.807, 2.05) is 6.07 Å². The molecule has 16 heavy (non-hydrogen) atoms. The van der Waals surface area contributed by atoms with Gasteiger partial charge in [-0.15, -0.1) is 11.3 Å². The Labute approximate surface area is 109 Å². The van der Waals surface area contributed by atoms with E-state index in [0.717, 1.165) is 4.88 Å². The molecule has 0 fully saturated rings. The zero-order valence-electron chi connectivity index (χ0n) is 9.04. The maximum absolute atomic E-state index is 11.8. The molecule has 1 aromatic heterocycles. The van der Waals surface area contributed by atoms with Gasteiger partial charge in [0.25, 0.3) is 0 Å². The molecule has 1 rings (SSSR count). The van der Waals surface area contributed by atoms with Crippen molar-refractivity contribution in [2.45, 2.75) is 20.4 Å². The predicted octanol–water partition coefficient (Wildman–Crippen LogP) is 2.33. The number of rotatable bonds is 4. The fraction of sp³-hybridized carbons (Fsp3) is 0.400. The van der Waals surface area contributed by atoms with Crippen LogP contribution in [0.15, 0.2) is 12.1 Å². The first-order valence-corrected chi connectivity index (χ1v) is 6.26. The minimum absolute atomic E-state index is 0.176. The summed E-state index contributed by atoms with van der Waals surface area (Å²) < 4.78 is 0.706. The third-order valence-corrected chi connectivity index (χ3v) is 3.98. The van der Waals surface area contributed by atoms with E-state index in [0.29, 0.717) is 10.9 Å². The van der Waals surface area contributed by atoms with E-state index in [9.17, 15) is 4.79 Å². The van der Waals surface area contributed by atoms with Gasteiger partial charge in [0.1, 0.15) is 0 Å². The molecule has 3 nitrogen and oxygen atoms in total. The molecule has 0 aliphatic carbocycles. The van der Waals surface area contributed by atoms with Crippen LogP contribution in [0.4, 0.5) is 0 Å². The van der Waals surface area contributed by atoms with Crippen LogP contribution in [-0.2, 0) is 11.3 Å². The highest BCUT2D eigenvalue weighted by Gasteiger charge is 2.30. The van der Waals surface area contributed by atoms with Crippen LogP contribution in [0, 0.1) is 5.41 Å². The van der Waals surface area contributed by atoms with Crippen molar-refractivity contribution in [2.24, 2.45) is 11.1 Å². The molecule has 0 aliphatic heterocycles. The molecule has 0 bridgehead atoms. The zero-order valence-corrected chi connectivity index (χ0v) is 11.4. The molecular formula is C10H13ClN2OS2. The second kappa shape index (κ2) is 5.12. The SMILES string of the molecule is CC(C)(C(=O)NCc1ccc(Cl)s1)C(N)=S. The van der Waals surface area contributed by atoms with Gasteiger partial charge in [-0.05, 0) is 26.0 Å². The summed E-state index contributed by atoms with van der Waals surface area (Å²) in [4.78, 5) is 13.0. The molecule has 0 aromatic carbocycles. The number of hydrogen-bond acceptors (Lipinski definition) is 3. The number of thiophene rings is 1. The van der Waals surface area contributed by atoms with E-state index in [1.165, 1.54) is 11.3 Å². The van der Waals surface area contributed by atoms with Gasteiger partial charge >= 0.3 is 0 Å². The van der Waals surface area contributed by atoms with Crippen molar-refractivity contribution in [1.82, 2.24) is 5.32 Å². The summed E-state index contributed by atoms with van der Waals surface area (Å²) in [5.41, 5.74) is 4.67. The van der Waals surface area contributed by atoms with Crippen molar-refractivity contribution in [2.75, 3.05) is 0 Å². The van der Waals surface area contributed by atoms with Crippen LogP contribution in [0.3, 0.4) is 0 Å². The van der Waals surface area contributed by atoms with E-state index < -0.39 is 5.41 Å². The summed E-state index contributed by atoms with van der Waals surface area (Å²) in [5.74, 6) is -0.176. The fourth-order valence-corrected chi connectivity index (χ4v) is 2.07. The van der Waals surface area contributed by atoms with E-state index in [2.05, 4.69) is 5.32 Å². The average Bonchev–Trinajstić information content (AvgIpc) is 2.60. The van der Waals surface area contributed by atoms with E-state index in [4.69, 9.17) is 29.6 Å². The van der Waals surface area contributed by atoms with Gasteiger partial charge < -0.3 is 11.1 Å². The van der Waals surface area contributed by atoms with Crippen LogP contribution in [0.5, 0.6) is 0 Å². The second-order valence-corrected chi connectivity index (χ2v) is 6.12. The van der Waals surface area contributed by atoms with Crippen LogP contribution < -0.4 is 11.1 Å². The van der Waals surface area contributed by atoms with Crippen molar-refractivity contribution in [3.8, 4) is 0 Å². The van der Waals surface area contributed by atoms with Crippen molar-refractivity contribution >= 4 is 46.1 Å². The van der Waals surface area contributed by atoms with Crippen LogP contribution in [0.1, 0.15) is 18.7 Å². The Morgan fingerprint density at radius 3 is 2.69 bits per heavy atom. The topological polar surface area (TPSA) is 55.1 Å². The largest absolute Gasteiger partial charge is 0.392 e. The highest BCUT2D eigenvalue weighted by molar-refractivity contribution is 7.80. The van der Waals surface area contributed by atoms with Crippen LogP contribution in [0.2, 0.25) is 4.34 Å². The van der Waals surface area contributed by atoms with Gasteiger partial charge in [0.2, 0.25) is 5.91 Å². The number of carbonyl (C=O) groups excluding carboxylic acids is 1. The molecule has 0 atom stereocenters. The molecule has 1 amide bonds. The van der Waals surface area contributed by atoms with Crippen LogP contribution in [0.25, 0.3) is 0 Å². The molecule has 1 aromatic rings. The van der Waals surface area contributed by atoms with Crippen molar-refractivity contribution < 1.29 is 4.79 Å².